The number of aromatic nitrogens is 1. The van der Waals surface area contributed by atoms with Crippen molar-refractivity contribution in [1.82, 2.24) is 4.98 Å². The monoisotopic (exact) mass is 231 g/mol. The molecule has 1 aliphatic carbocycles. The molecule has 2 atom stereocenters. The molecule has 0 bridgehead atoms. The first-order chi connectivity index (χ1) is 8.22. The Balaban J connectivity index is 2.13. The number of pyridine rings is 1. The Morgan fingerprint density at radius 2 is 2.12 bits per heavy atom. The summed E-state index contributed by atoms with van der Waals surface area (Å²) in [7, 11) is 0. The lowest BCUT2D eigenvalue weighted by molar-refractivity contribution is -0.134. The molecule has 90 valence electrons. The largest absolute Gasteiger partial charge is 0.299 e. The van der Waals surface area contributed by atoms with Crippen LogP contribution in [-0.2, 0) is 9.59 Å². The minimum absolute atomic E-state index is 0.0914. The van der Waals surface area contributed by atoms with Crippen molar-refractivity contribution in [3.05, 3.63) is 30.1 Å². The van der Waals surface area contributed by atoms with Crippen molar-refractivity contribution in [2.24, 2.45) is 5.92 Å². The minimum Gasteiger partial charge on any atom is -0.299 e. The normalized spacial score (nSPS) is 24.6. The summed E-state index contributed by atoms with van der Waals surface area (Å²) >= 11 is 0. The van der Waals surface area contributed by atoms with E-state index in [4.69, 9.17) is 0 Å². The summed E-state index contributed by atoms with van der Waals surface area (Å²) in [6, 6.07) is 3.96. The van der Waals surface area contributed by atoms with Gasteiger partial charge in [0.25, 0.3) is 0 Å². The van der Waals surface area contributed by atoms with Gasteiger partial charge in [0.1, 0.15) is 11.6 Å². The van der Waals surface area contributed by atoms with Crippen LogP contribution in [0.15, 0.2) is 24.5 Å². The summed E-state index contributed by atoms with van der Waals surface area (Å²) in [5, 5.41) is 0. The molecule has 0 saturated heterocycles. The van der Waals surface area contributed by atoms with Crippen LogP contribution >= 0.6 is 0 Å². The van der Waals surface area contributed by atoms with Crippen LogP contribution < -0.4 is 0 Å². The number of hydrogen-bond donors (Lipinski definition) is 0. The molecule has 1 saturated carbocycles. The van der Waals surface area contributed by atoms with Crippen molar-refractivity contribution in [2.75, 3.05) is 0 Å². The van der Waals surface area contributed by atoms with E-state index in [1.54, 1.807) is 12.4 Å². The molecule has 0 spiro atoms. The molecule has 2 rings (SSSR count). The quantitative estimate of drug-likeness (QED) is 0.751. The lowest BCUT2D eigenvalue weighted by Gasteiger charge is -2.27. The lowest BCUT2D eigenvalue weighted by Crippen LogP contribution is -2.30. The van der Waals surface area contributed by atoms with Crippen LogP contribution in [0.2, 0.25) is 0 Å². The number of nitrogens with zero attached hydrogens (tertiary/aromatic N) is 1. The number of Topliss-reactive ketones (excluding diaryl/α,β-unsaturated/α-hetero) is 2. The first kappa shape index (κ1) is 12.0. The molecule has 1 aromatic heterocycles. The second kappa shape index (κ2) is 5.21. The number of rotatable bonds is 3. The van der Waals surface area contributed by atoms with E-state index in [1.807, 2.05) is 19.1 Å². The van der Waals surface area contributed by atoms with Gasteiger partial charge < -0.3 is 0 Å². The van der Waals surface area contributed by atoms with Gasteiger partial charge in [-0.05, 0) is 36.5 Å². The van der Waals surface area contributed by atoms with Gasteiger partial charge in [-0.15, -0.1) is 0 Å². The van der Waals surface area contributed by atoms with Gasteiger partial charge in [0.05, 0.1) is 5.92 Å². The molecule has 3 nitrogen and oxygen atoms in total. The van der Waals surface area contributed by atoms with Crippen molar-refractivity contribution in [2.45, 2.75) is 38.5 Å². The minimum atomic E-state index is -0.369. The Morgan fingerprint density at radius 1 is 1.41 bits per heavy atom. The van der Waals surface area contributed by atoms with Crippen molar-refractivity contribution in [3.8, 4) is 0 Å². The molecule has 0 N–H and O–H groups in total. The average molecular weight is 231 g/mol. The van der Waals surface area contributed by atoms with E-state index < -0.39 is 0 Å². The van der Waals surface area contributed by atoms with Crippen LogP contribution in [0.5, 0.6) is 0 Å². The molecule has 1 aliphatic rings. The zero-order valence-corrected chi connectivity index (χ0v) is 10.1. The highest BCUT2D eigenvalue weighted by Gasteiger charge is 2.33. The molecular weight excluding hydrogens is 214 g/mol. The summed E-state index contributed by atoms with van der Waals surface area (Å²) in [6.45, 7) is 1.83. The fourth-order valence-corrected chi connectivity index (χ4v) is 2.52. The third-order valence-electron chi connectivity index (χ3n) is 3.56. The summed E-state index contributed by atoms with van der Waals surface area (Å²) in [6.07, 6.45) is 6.06. The SMILES string of the molecule is CCC(=O)C1CC(c2ccncc2)CCC1=O. The molecule has 2 unspecified atom stereocenters. The van der Waals surface area contributed by atoms with Gasteiger partial charge in [-0.1, -0.05) is 6.92 Å². The van der Waals surface area contributed by atoms with Crippen molar-refractivity contribution < 1.29 is 9.59 Å². The third kappa shape index (κ3) is 2.60. The predicted octanol–water partition coefficient (Wildman–Crippen LogP) is 2.51. The van der Waals surface area contributed by atoms with E-state index in [0.717, 1.165) is 6.42 Å². The van der Waals surface area contributed by atoms with Gasteiger partial charge in [-0.2, -0.15) is 0 Å². The van der Waals surface area contributed by atoms with Crippen LogP contribution in [0.4, 0.5) is 0 Å². The van der Waals surface area contributed by atoms with E-state index >= 15 is 0 Å². The van der Waals surface area contributed by atoms with Crippen molar-refractivity contribution in [3.63, 3.8) is 0 Å². The first-order valence-electron chi connectivity index (χ1n) is 6.17. The lowest BCUT2D eigenvalue weighted by atomic mass is 9.75. The highest BCUT2D eigenvalue weighted by Crippen LogP contribution is 2.34. The predicted molar refractivity (Wildman–Crippen MR) is 64.6 cm³/mol. The Hall–Kier alpha value is -1.51. The number of ketones is 2. The van der Waals surface area contributed by atoms with Gasteiger partial charge in [0, 0.05) is 25.2 Å². The van der Waals surface area contributed by atoms with Crippen LogP contribution in [0, 0.1) is 5.92 Å². The highest BCUT2D eigenvalue weighted by atomic mass is 16.1. The summed E-state index contributed by atoms with van der Waals surface area (Å²) in [4.78, 5) is 27.5. The van der Waals surface area contributed by atoms with Gasteiger partial charge in [0.2, 0.25) is 0 Å². The highest BCUT2D eigenvalue weighted by molar-refractivity contribution is 6.02. The molecule has 1 aromatic rings. The van der Waals surface area contributed by atoms with Gasteiger partial charge in [-0.25, -0.2) is 0 Å². The molecule has 0 aromatic carbocycles. The van der Waals surface area contributed by atoms with Crippen molar-refractivity contribution in [1.29, 1.82) is 0 Å². The van der Waals surface area contributed by atoms with Crippen LogP contribution in [0.1, 0.15) is 44.1 Å². The van der Waals surface area contributed by atoms with Gasteiger partial charge in [0.15, 0.2) is 0 Å². The van der Waals surface area contributed by atoms with Gasteiger partial charge in [-0.3, -0.25) is 14.6 Å². The second-order valence-corrected chi connectivity index (χ2v) is 4.59. The van der Waals surface area contributed by atoms with Crippen LogP contribution in [0.25, 0.3) is 0 Å². The molecule has 1 fully saturated rings. The molecule has 3 heteroatoms. The fraction of sp³-hybridized carbons (Fsp3) is 0.500. The van der Waals surface area contributed by atoms with Crippen LogP contribution in [-0.4, -0.2) is 16.6 Å². The van der Waals surface area contributed by atoms with Gasteiger partial charge >= 0.3 is 0 Å². The Labute approximate surface area is 101 Å². The maximum Gasteiger partial charge on any atom is 0.143 e. The molecule has 0 aliphatic heterocycles. The molecule has 1 heterocycles. The van der Waals surface area contributed by atoms with E-state index in [1.165, 1.54) is 5.56 Å². The van der Waals surface area contributed by atoms with E-state index in [9.17, 15) is 9.59 Å². The topological polar surface area (TPSA) is 47.0 Å². The summed E-state index contributed by atoms with van der Waals surface area (Å²) in [5.41, 5.74) is 1.20. The second-order valence-electron chi connectivity index (χ2n) is 4.59. The fourth-order valence-electron chi connectivity index (χ4n) is 2.52. The molecule has 17 heavy (non-hydrogen) atoms. The maximum absolute atomic E-state index is 11.7. The number of hydrogen-bond acceptors (Lipinski definition) is 3. The maximum atomic E-state index is 11.7. The molecule has 0 amide bonds. The first-order valence-corrected chi connectivity index (χ1v) is 6.17. The van der Waals surface area contributed by atoms with E-state index in [0.29, 0.717) is 25.2 Å². The van der Waals surface area contributed by atoms with E-state index in [2.05, 4.69) is 4.98 Å². The van der Waals surface area contributed by atoms with Crippen molar-refractivity contribution >= 4 is 11.6 Å². The summed E-state index contributed by atoms with van der Waals surface area (Å²) in [5.74, 6) is 0.180. The van der Waals surface area contributed by atoms with Crippen LogP contribution in [0.3, 0.4) is 0 Å². The number of carbonyl (C=O) groups is 2. The average Bonchev–Trinajstić information content (AvgIpc) is 2.39. The van der Waals surface area contributed by atoms with E-state index in [-0.39, 0.29) is 17.5 Å². The smallest absolute Gasteiger partial charge is 0.143 e. The molecular formula is C14H17NO2. The standard InChI is InChI=1S/C14H17NO2/c1-2-13(16)12-9-11(3-4-14(12)17)10-5-7-15-8-6-10/h5-8,11-12H,2-4,9H2,1H3. The summed E-state index contributed by atoms with van der Waals surface area (Å²) < 4.78 is 0. The number of carbonyl (C=O) groups excluding carboxylic acids is 2. The zero-order valence-electron chi connectivity index (χ0n) is 10.1. The third-order valence-corrected chi connectivity index (χ3v) is 3.56. The Bertz CT molecular complexity index is 405. The Kier molecular flexibility index (Phi) is 3.67. The molecule has 0 radical (unpaired) electrons. The zero-order chi connectivity index (χ0) is 12.3. The Morgan fingerprint density at radius 3 is 2.76 bits per heavy atom.